The third-order valence-corrected chi connectivity index (χ3v) is 2.73. The quantitative estimate of drug-likeness (QED) is 0.590. The first-order valence-corrected chi connectivity index (χ1v) is 5.76. The molecule has 0 amide bonds. The summed E-state index contributed by atoms with van der Waals surface area (Å²) < 4.78 is 5.02. The second-order valence-electron chi connectivity index (χ2n) is 3.80. The van der Waals surface area contributed by atoms with Crippen molar-refractivity contribution in [3.05, 3.63) is 33.9 Å². The van der Waals surface area contributed by atoms with E-state index in [1.807, 2.05) is 11.8 Å². The summed E-state index contributed by atoms with van der Waals surface area (Å²) in [6.07, 6.45) is 0. The van der Waals surface area contributed by atoms with Crippen molar-refractivity contribution in [3.63, 3.8) is 0 Å². The average molecular weight is 254 g/mol. The number of methoxy groups -OCH3 is 1. The van der Waals surface area contributed by atoms with Crippen LogP contribution in [0.25, 0.3) is 0 Å². The number of non-ortho nitro benzene ring substituents is 1. The molecule has 6 heteroatoms. The van der Waals surface area contributed by atoms with Gasteiger partial charge in [-0.2, -0.15) is 0 Å². The Morgan fingerprint density at radius 1 is 1.50 bits per heavy atom. The van der Waals surface area contributed by atoms with E-state index in [-0.39, 0.29) is 12.3 Å². The number of nitro groups is 1. The molecule has 0 fully saturated rings. The minimum absolute atomic E-state index is 0.00871. The first-order chi connectivity index (χ1) is 8.63. The molecule has 0 aliphatic rings. The minimum atomic E-state index is -0.464. The van der Waals surface area contributed by atoms with Gasteiger partial charge in [-0.1, -0.05) is 0 Å². The molecule has 0 unspecified atom stereocenters. The van der Waals surface area contributed by atoms with Gasteiger partial charge in [-0.15, -0.1) is 0 Å². The van der Waals surface area contributed by atoms with Crippen LogP contribution in [-0.2, 0) is 11.3 Å². The van der Waals surface area contributed by atoms with Crippen molar-refractivity contribution in [2.24, 2.45) is 0 Å². The van der Waals surface area contributed by atoms with Gasteiger partial charge < -0.3 is 14.7 Å². The van der Waals surface area contributed by atoms with Gasteiger partial charge in [0, 0.05) is 43.6 Å². The van der Waals surface area contributed by atoms with Crippen molar-refractivity contribution in [2.75, 3.05) is 31.7 Å². The van der Waals surface area contributed by atoms with Crippen molar-refractivity contribution in [2.45, 2.75) is 13.5 Å². The number of anilines is 1. The second kappa shape index (κ2) is 6.93. The normalized spacial score (nSPS) is 10.4. The maximum Gasteiger partial charge on any atom is 0.269 e. The number of hydrogen-bond donors (Lipinski definition) is 1. The summed E-state index contributed by atoms with van der Waals surface area (Å²) in [5, 5.41) is 20.0. The SMILES string of the molecule is CCN(CCOC)c1ccc([N+](=O)[O-])cc1CO. The smallest absolute Gasteiger partial charge is 0.269 e. The van der Waals surface area contributed by atoms with E-state index in [1.54, 1.807) is 13.2 Å². The van der Waals surface area contributed by atoms with E-state index in [0.717, 1.165) is 12.2 Å². The van der Waals surface area contributed by atoms with Gasteiger partial charge in [0.05, 0.1) is 18.1 Å². The van der Waals surface area contributed by atoms with Gasteiger partial charge in [-0.3, -0.25) is 10.1 Å². The van der Waals surface area contributed by atoms with Gasteiger partial charge in [0.15, 0.2) is 0 Å². The van der Waals surface area contributed by atoms with Crippen LogP contribution in [-0.4, -0.2) is 36.8 Å². The third-order valence-electron chi connectivity index (χ3n) is 2.73. The second-order valence-corrected chi connectivity index (χ2v) is 3.80. The monoisotopic (exact) mass is 254 g/mol. The molecule has 0 heterocycles. The molecular formula is C12H18N2O4. The number of aliphatic hydroxyl groups excluding tert-OH is 1. The average Bonchev–Trinajstić information content (AvgIpc) is 2.39. The molecule has 0 bridgehead atoms. The molecule has 6 nitrogen and oxygen atoms in total. The number of nitro benzene ring substituents is 1. The van der Waals surface area contributed by atoms with Crippen LogP contribution < -0.4 is 4.90 Å². The van der Waals surface area contributed by atoms with Crippen LogP contribution in [0.15, 0.2) is 18.2 Å². The Balaban J connectivity index is 3.02. The maximum atomic E-state index is 10.7. The highest BCUT2D eigenvalue weighted by Gasteiger charge is 2.14. The van der Waals surface area contributed by atoms with Crippen LogP contribution in [0.4, 0.5) is 11.4 Å². The summed E-state index contributed by atoms with van der Waals surface area (Å²) in [5.74, 6) is 0. The van der Waals surface area contributed by atoms with Crippen molar-refractivity contribution >= 4 is 11.4 Å². The largest absolute Gasteiger partial charge is 0.392 e. The van der Waals surface area contributed by atoms with E-state index in [1.165, 1.54) is 12.1 Å². The van der Waals surface area contributed by atoms with Crippen LogP contribution in [0.1, 0.15) is 12.5 Å². The van der Waals surface area contributed by atoms with Gasteiger partial charge >= 0.3 is 0 Å². The van der Waals surface area contributed by atoms with Gasteiger partial charge in [0.1, 0.15) is 0 Å². The lowest BCUT2D eigenvalue weighted by Gasteiger charge is -2.24. The molecule has 0 atom stereocenters. The Kier molecular flexibility index (Phi) is 5.54. The number of rotatable bonds is 7. The summed E-state index contributed by atoms with van der Waals surface area (Å²) in [7, 11) is 1.62. The van der Waals surface area contributed by atoms with Crippen molar-refractivity contribution in [3.8, 4) is 0 Å². The fourth-order valence-corrected chi connectivity index (χ4v) is 1.77. The molecule has 18 heavy (non-hydrogen) atoms. The Morgan fingerprint density at radius 2 is 2.22 bits per heavy atom. The lowest BCUT2D eigenvalue weighted by Crippen LogP contribution is -2.27. The fraction of sp³-hybridized carbons (Fsp3) is 0.500. The number of benzene rings is 1. The molecule has 0 aliphatic heterocycles. The summed E-state index contributed by atoms with van der Waals surface area (Å²) in [6.45, 7) is 3.75. The Bertz CT molecular complexity index is 409. The Labute approximate surface area is 106 Å². The topological polar surface area (TPSA) is 75.8 Å². The number of hydrogen-bond acceptors (Lipinski definition) is 5. The minimum Gasteiger partial charge on any atom is -0.392 e. The number of aliphatic hydroxyl groups is 1. The Hall–Kier alpha value is -1.66. The third kappa shape index (κ3) is 3.41. The van der Waals surface area contributed by atoms with Crippen LogP contribution in [0.2, 0.25) is 0 Å². The molecule has 1 aromatic rings. The van der Waals surface area contributed by atoms with E-state index < -0.39 is 4.92 Å². The van der Waals surface area contributed by atoms with E-state index in [2.05, 4.69) is 0 Å². The standard InChI is InChI=1S/C12H18N2O4/c1-3-13(6-7-18-2)12-5-4-11(14(16)17)8-10(12)9-15/h4-5,8,15H,3,6-7,9H2,1-2H3. The van der Waals surface area contributed by atoms with E-state index in [4.69, 9.17) is 4.74 Å². The van der Waals surface area contributed by atoms with Crippen molar-refractivity contribution < 1.29 is 14.8 Å². The number of likely N-dealkylation sites (N-methyl/N-ethyl adjacent to an activating group) is 1. The van der Waals surface area contributed by atoms with Crippen LogP contribution >= 0.6 is 0 Å². The molecule has 0 saturated carbocycles. The zero-order chi connectivity index (χ0) is 13.5. The summed E-state index contributed by atoms with van der Waals surface area (Å²) in [4.78, 5) is 12.2. The maximum absolute atomic E-state index is 10.7. The predicted molar refractivity (Wildman–Crippen MR) is 68.8 cm³/mol. The zero-order valence-electron chi connectivity index (χ0n) is 10.6. The summed E-state index contributed by atoms with van der Waals surface area (Å²) in [6, 6.07) is 4.53. The summed E-state index contributed by atoms with van der Waals surface area (Å²) in [5.41, 5.74) is 1.36. The molecule has 0 aliphatic carbocycles. The van der Waals surface area contributed by atoms with Crippen LogP contribution in [0.3, 0.4) is 0 Å². The van der Waals surface area contributed by atoms with Gasteiger partial charge in [0.2, 0.25) is 0 Å². The van der Waals surface area contributed by atoms with Crippen LogP contribution in [0, 0.1) is 10.1 Å². The number of ether oxygens (including phenoxy) is 1. The van der Waals surface area contributed by atoms with E-state index >= 15 is 0 Å². The molecule has 0 spiro atoms. The molecule has 100 valence electrons. The number of nitrogens with zero attached hydrogens (tertiary/aromatic N) is 2. The molecule has 0 saturated heterocycles. The lowest BCUT2D eigenvalue weighted by molar-refractivity contribution is -0.384. The van der Waals surface area contributed by atoms with Gasteiger partial charge in [-0.25, -0.2) is 0 Å². The molecule has 1 rings (SSSR count). The fourth-order valence-electron chi connectivity index (χ4n) is 1.77. The molecular weight excluding hydrogens is 236 g/mol. The predicted octanol–water partition coefficient (Wildman–Crippen LogP) is 1.56. The summed E-state index contributed by atoms with van der Waals surface area (Å²) >= 11 is 0. The zero-order valence-corrected chi connectivity index (χ0v) is 10.6. The molecule has 0 radical (unpaired) electrons. The highest BCUT2D eigenvalue weighted by atomic mass is 16.6. The highest BCUT2D eigenvalue weighted by Crippen LogP contribution is 2.25. The molecule has 1 aromatic carbocycles. The van der Waals surface area contributed by atoms with Crippen molar-refractivity contribution in [1.82, 2.24) is 0 Å². The lowest BCUT2D eigenvalue weighted by atomic mass is 10.1. The highest BCUT2D eigenvalue weighted by molar-refractivity contribution is 5.57. The Morgan fingerprint density at radius 3 is 2.72 bits per heavy atom. The molecule has 1 N–H and O–H groups in total. The first-order valence-electron chi connectivity index (χ1n) is 5.76. The van der Waals surface area contributed by atoms with Gasteiger partial charge in [-0.05, 0) is 13.0 Å². The van der Waals surface area contributed by atoms with Gasteiger partial charge in [0.25, 0.3) is 5.69 Å². The first kappa shape index (κ1) is 14.4. The van der Waals surface area contributed by atoms with Crippen LogP contribution in [0.5, 0.6) is 0 Å². The van der Waals surface area contributed by atoms with Crippen molar-refractivity contribution in [1.29, 1.82) is 0 Å². The molecule has 0 aromatic heterocycles. The van der Waals surface area contributed by atoms with E-state index in [9.17, 15) is 15.2 Å². The van der Waals surface area contributed by atoms with E-state index in [0.29, 0.717) is 18.7 Å².